The van der Waals surface area contributed by atoms with E-state index in [2.05, 4.69) is 0 Å². The summed E-state index contributed by atoms with van der Waals surface area (Å²) in [7, 11) is 0. The summed E-state index contributed by atoms with van der Waals surface area (Å²) >= 11 is 0. The molecule has 3 heterocycles. The van der Waals surface area contributed by atoms with Crippen molar-refractivity contribution in [3.63, 3.8) is 0 Å². The first-order valence-corrected chi connectivity index (χ1v) is 9.48. The van der Waals surface area contributed by atoms with E-state index in [1.165, 1.54) is 12.8 Å². The lowest BCUT2D eigenvalue weighted by atomic mass is 10.0. The monoisotopic (exact) mass is 359 g/mol. The van der Waals surface area contributed by atoms with E-state index in [0.717, 1.165) is 41.2 Å². The SMILES string of the molecule is Oc1c(Cc2ccco2)nc2c(C3CCCC3)nc(-c3ccccc3)cn12. The molecular weight excluding hydrogens is 338 g/mol. The molecule has 0 radical (unpaired) electrons. The molecule has 0 bridgehead atoms. The molecule has 1 fully saturated rings. The predicted molar refractivity (Wildman–Crippen MR) is 103 cm³/mol. The molecule has 0 amide bonds. The van der Waals surface area contributed by atoms with Crippen molar-refractivity contribution in [3.05, 3.63) is 72.1 Å². The zero-order valence-corrected chi connectivity index (χ0v) is 15.0. The van der Waals surface area contributed by atoms with Crippen molar-refractivity contribution >= 4 is 5.65 Å². The highest BCUT2D eigenvalue weighted by Crippen LogP contribution is 2.37. The molecule has 1 N–H and O–H groups in total. The summed E-state index contributed by atoms with van der Waals surface area (Å²) in [4.78, 5) is 9.74. The number of aromatic hydroxyl groups is 1. The fourth-order valence-corrected chi connectivity index (χ4v) is 4.02. The van der Waals surface area contributed by atoms with Gasteiger partial charge >= 0.3 is 0 Å². The molecular formula is C22H21N3O2. The van der Waals surface area contributed by atoms with Crippen molar-refractivity contribution in [2.75, 3.05) is 0 Å². The average molecular weight is 359 g/mol. The fourth-order valence-electron chi connectivity index (χ4n) is 4.02. The number of imidazole rings is 1. The third-order valence-electron chi connectivity index (χ3n) is 5.41. The normalized spacial score (nSPS) is 15.0. The summed E-state index contributed by atoms with van der Waals surface area (Å²) in [5.41, 5.74) is 4.29. The largest absolute Gasteiger partial charge is 0.493 e. The molecule has 4 aromatic rings. The Bertz CT molecular complexity index is 1060. The minimum Gasteiger partial charge on any atom is -0.493 e. The van der Waals surface area contributed by atoms with Crippen LogP contribution in [0.3, 0.4) is 0 Å². The van der Waals surface area contributed by atoms with Gasteiger partial charge in [-0.15, -0.1) is 0 Å². The number of nitrogens with zero attached hydrogens (tertiary/aromatic N) is 3. The van der Waals surface area contributed by atoms with Gasteiger partial charge in [0.2, 0.25) is 5.88 Å². The molecule has 1 aromatic carbocycles. The zero-order valence-electron chi connectivity index (χ0n) is 15.0. The van der Waals surface area contributed by atoms with E-state index in [0.29, 0.717) is 18.0 Å². The molecule has 136 valence electrons. The Morgan fingerprint density at radius 2 is 1.85 bits per heavy atom. The Morgan fingerprint density at radius 3 is 2.59 bits per heavy atom. The number of aromatic nitrogens is 3. The molecule has 1 aliphatic rings. The maximum atomic E-state index is 10.9. The number of furan rings is 1. The van der Waals surface area contributed by atoms with E-state index >= 15 is 0 Å². The second kappa shape index (κ2) is 6.58. The minimum absolute atomic E-state index is 0.167. The maximum absolute atomic E-state index is 10.9. The van der Waals surface area contributed by atoms with E-state index in [-0.39, 0.29) is 5.88 Å². The van der Waals surface area contributed by atoms with Crippen LogP contribution in [0.4, 0.5) is 0 Å². The van der Waals surface area contributed by atoms with Crippen LogP contribution in [0.5, 0.6) is 5.88 Å². The highest BCUT2D eigenvalue weighted by atomic mass is 16.3. The lowest BCUT2D eigenvalue weighted by molar-refractivity contribution is 0.438. The van der Waals surface area contributed by atoms with E-state index in [1.807, 2.05) is 48.7 Å². The number of hydrogen-bond acceptors (Lipinski definition) is 4. The van der Waals surface area contributed by atoms with Gasteiger partial charge in [0, 0.05) is 17.7 Å². The van der Waals surface area contributed by atoms with Crippen molar-refractivity contribution in [1.29, 1.82) is 0 Å². The smallest absolute Gasteiger partial charge is 0.219 e. The lowest BCUT2D eigenvalue weighted by Gasteiger charge is -2.12. The van der Waals surface area contributed by atoms with Gasteiger partial charge < -0.3 is 9.52 Å². The quantitative estimate of drug-likeness (QED) is 0.560. The van der Waals surface area contributed by atoms with Crippen LogP contribution in [0, 0.1) is 0 Å². The molecule has 0 unspecified atom stereocenters. The van der Waals surface area contributed by atoms with Gasteiger partial charge in [-0.1, -0.05) is 43.2 Å². The first-order chi connectivity index (χ1) is 13.3. The summed E-state index contributed by atoms with van der Waals surface area (Å²) in [6.07, 6.45) is 8.69. The summed E-state index contributed by atoms with van der Waals surface area (Å²) in [6.45, 7) is 0. The second-order valence-electron chi connectivity index (χ2n) is 7.19. The van der Waals surface area contributed by atoms with Crippen LogP contribution in [-0.2, 0) is 6.42 Å². The highest BCUT2D eigenvalue weighted by molar-refractivity contribution is 5.63. The van der Waals surface area contributed by atoms with Crippen LogP contribution in [0.1, 0.15) is 48.7 Å². The van der Waals surface area contributed by atoms with Crippen molar-refractivity contribution < 1.29 is 9.52 Å². The number of hydrogen-bond donors (Lipinski definition) is 1. The van der Waals surface area contributed by atoms with Crippen molar-refractivity contribution in [3.8, 4) is 17.1 Å². The molecule has 0 aliphatic heterocycles. The van der Waals surface area contributed by atoms with Gasteiger partial charge in [-0.2, -0.15) is 0 Å². The third kappa shape index (κ3) is 2.89. The van der Waals surface area contributed by atoms with Crippen LogP contribution in [0.2, 0.25) is 0 Å². The third-order valence-corrected chi connectivity index (χ3v) is 5.41. The van der Waals surface area contributed by atoms with Gasteiger partial charge in [-0.05, 0) is 25.0 Å². The standard InChI is InChI=1S/C22H21N3O2/c26-22-18(13-17-11-6-12-27-17)24-21-20(16-9-4-5-10-16)23-19(14-25(21)22)15-7-2-1-3-8-15/h1-3,6-8,11-12,14,16,26H,4-5,9-10,13H2. The summed E-state index contributed by atoms with van der Waals surface area (Å²) < 4.78 is 7.23. The lowest BCUT2D eigenvalue weighted by Crippen LogP contribution is -2.03. The summed E-state index contributed by atoms with van der Waals surface area (Å²) in [5.74, 6) is 1.35. The van der Waals surface area contributed by atoms with E-state index in [1.54, 1.807) is 10.7 Å². The molecule has 1 saturated carbocycles. The first-order valence-electron chi connectivity index (χ1n) is 9.48. The van der Waals surface area contributed by atoms with Gasteiger partial charge in [-0.3, -0.25) is 4.40 Å². The predicted octanol–water partition coefficient (Wildman–Crippen LogP) is 4.94. The molecule has 5 rings (SSSR count). The topological polar surface area (TPSA) is 63.6 Å². The molecule has 5 nitrogen and oxygen atoms in total. The summed E-state index contributed by atoms with van der Waals surface area (Å²) in [5, 5.41) is 10.9. The Labute approximate surface area is 157 Å². The fraction of sp³-hybridized carbons (Fsp3) is 0.273. The Kier molecular flexibility index (Phi) is 3.93. The van der Waals surface area contributed by atoms with E-state index in [9.17, 15) is 5.11 Å². The van der Waals surface area contributed by atoms with Gasteiger partial charge in [0.25, 0.3) is 0 Å². The van der Waals surface area contributed by atoms with Crippen LogP contribution in [0.25, 0.3) is 16.9 Å². The van der Waals surface area contributed by atoms with Crippen molar-refractivity contribution in [2.24, 2.45) is 0 Å². The molecule has 0 saturated heterocycles. The molecule has 3 aromatic heterocycles. The highest BCUT2D eigenvalue weighted by Gasteiger charge is 2.25. The molecule has 1 aliphatic carbocycles. The zero-order chi connectivity index (χ0) is 18.2. The van der Waals surface area contributed by atoms with Gasteiger partial charge in [-0.25, -0.2) is 9.97 Å². The Morgan fingerprint density at radius 1 is 1.04 bits per heavy atom. The van der Waals surface area contributed by atoms with Crippen LogP contribution < -0.4 is 0 Å². The molecule has 27 heavy (non-hydrogen) atoms. The maximum Gasteiger partial charge on any atom is 0.219 e. The Hall–Kier alpha value is -3.08. The molecule has 0 spiro atoms. The van der Waals surface area contributed by atoms with Crippen LogP contribution in [-0.4, -0.2) is 19.5 Å². The Balaban J connectivity index is 1.68. The molecule has 0 atom stereocenters. The first kappa shape index (κ1) is 16.1. The number of fused-ring (bicyclic) bond motifs is 1. The van der Waals surface area contributed by atoms with Gasteiger partial charge in [0.1, 0.15) is 11.5 Å². The summed E-state index contributed by atoms with van der Waals surface area (Å²) in [6, 6.07) is 13.8. The van der Waals surface area contributed by atoms with Gasteiger partial charge in [0.05, 0.1) is 24.1 Å². The average Bonchev–Trinajstić information content (AvgIpc) is 3.46. The van der Waals surface area contributed by atoms with Crippen LogP contribution in [0.15, 0.2) is 59.3 Å². The number of rotatable bonds is 4. The molecule has 5 heteroatoms. The number of benzene rings is 1. The van der Waals surface area contributed by atoms with Crippen LogP contribution >= 0.6 is 0 Å². The van der Waals surface area contributed by atoms with E-state index < -0.39 is 0 Å². The van der Waals surface area contributed by atoms with Gasteiger partial charge in [0.15, 0.2) is 5.65 Å². The minimum atomic E-state index is 0.167. The van der Waals surface area contributed by atoms with E-state index in [4.69, 9.17) is 14.4 Å². The second-order valence-corrected chi connectivity index (χ2v) is 7.19. The van der Waals surface area contributed by atoms with Crippen molar-refractivity contribution in [1.82, 2.24) is 14.4 Å². The van der Waals surface area contributed by atoms with Crippen molar-refractivity contribution in [2.45, 2.75) is 38.0 Å².